The minimum absolute atomic E-state index is 0.0362. The molecule has 1 aliphatic heterocycles. The molecule has 2 fully saturated rings. The van der Waals surface area contributed by atoms with Crippen molar-refractivity contribution in [2.45, 2.75) is 13.0 Å². The number of nitro groups is 1. The first-order chi connectivity index (χ1) is 15.8. The van der Waals surface area contributed by atoms with Crippen LogP contribution in [-0.2, 0) is 16.2 Å². The van der Waals surface area contributed by atoms with E-state index in [1.807, 2.05) is 12.2 Å². The molecule has 2 aromatic rings. The van der Waals surface area contributed by atoms with Gasteiger partial charge in [0.2, 0.25) is 5.75 Å². The monoisotopic (exact) mass is 469 g/mol. The quantitative estimate of drug-likeness (QED) is 0.208. The molecule has 10 heteroatoms. The molecule has 4 atom stereocenters. The molecule has 3 aliphatic rings. The lowest BCUT2D eigenvalue weighted by atomic mass is 9.85. The molecule has 5 rings (SSSR count). The molecule has 1 heterocycles. The number of rotatable bonds is 6. The van der Waals surface area contributed by atoms with Gasteiger partial charge in [-0.3, -0.25) is 19.7 Å². The van der Waals surface area contributed by atoms with Gasteiger partial charge in [-0.1, -0.05) is 35.9 Å². The number of nitro benzene ring substituents is 1. The van der Waals surface area contributed by atoms with Gasteiger partial charge in [-0.05, 0) is 42.0 Å². The molecule has 0 spiro atoms. The Balaban J connectivity index is 1.36. The number of amides is 2. The van der Waals surface area contributed by atoms with Crippen LogP contribution in [0.25, 0.3) is 0 Å². The van der Waals surface area contributed by atoms with Crippen LogP contribution in [0.5, 0.6) is 5.75 Å². The lowest BCUT2D eigenvalue weighted by Crippen LogP contribution is -2.28. The van der Waals surface area contributed by atoms with E-state index in [9.17, 15) is 24.1 Å². The number of allylic oxidation sites excluding steroid dienone is 2. The number of hydrogen-bond donors (Lipinski definition) is 0. The van der Waals surface area contributed by atoms with Crippen molar-refractivity contribution in [3.63, 3.8) is 0 Å². The molecule has 2 aromatic carbocycles. The second kappa shape index (κ2) is 8.08. The van der Waals surface area contributed by atoms with E-state index in [0.29, 0.717) is 5.56 Å². The van der Waals surface area contributed by atoms with Crippen LogP contribution in [0, 0.1) is 39.6 Å². The molecule has 0 radical (unpaired) electrons. The Hall–Kier alpha value is -3.59. The standard InChI is InChI=1S/C23H17ClFN3O5/c24-17-7-13(8-18(28(31)32)21(17)33-11-12-1-5-16(25)6-2-12)10-26-27-22(29)19-14-3-4-15(9-14)20(19)23(27)30/h1-8,10,14-15,19-20H,9,11H2/t14-,15-,19-,20+/m0/s1. The zero-order chi connectivity index (χ0) is 23.3. The molecule has 2 amide bonds. The number of imide groups is 1. The molecule has 0 unspecified atom stereocenters. The summed E-state index contributed by atoms with van der Waals surface area (Å²) in [6.45, 7) is -0.0514. The van der Waals surface area contributed by atoms with Crippen molar-refractivity contribution in [3.05, 3.63) is 80.6 Å². The fourth-order valence-corrected chi connectivity index (χ4v) is 5.09. The van der Waals surface area contributed by atoms with Crippen molar-refractivity contribution in [1.29, 1.82) is 0 Å². The summed E-state index contributed by atoms with van der Waals surface area (Å²) >= 11 is 6.24. The van der Waals surface area contributed by atoms with Crippen molar-refractivity contribution in [3.8, 4) is 5.75 Å². The third kappa shape index (κ3) is 3.68. The number of hydrazone groups is 1. The van der Waals surface area contributed by atoms with E-state index in [4.69, 9.17) is 16.3 Å². The Morgan fingerprint density at radius 2 is 1.79 bits per heavy atom. The molecule has 168 valence electrons. The zero-order valence-corrected chi connectivity index (χ0v) is 17.8. The van der Waals surface area contributed by atoms with Crippen LogP contribution in [0.2, 0.25) is 5.02 Å². The van der Waals surface area contributed by atoms with E-state index < -0.39 is 16.4 Å². The van der Waals surface area contributed by atoms with Gasteiger partial charge in [0.15, 0.2) is 0 Å². The normalized spacial score (nSPS) is 25.3. The average molecular weight is 470 g/mol. The number of carbonyl (C=O) groups excluding carboxylic acids is 2. The number of hydrogen-bond acceptors (Lipinski definition) is 6. The second-order valence-corrected chi connectivity index (χ2v) is 8.66. The Labute approximate surface area is 192 Å². The number of halogens is 2. The third-order valence-corrected chi connectivity index (χ3v) is 6.59. The topological polar surface area (TPSA) is 102 Å². The van der Waals surface area contributed by atoms with E-state index in [1.54, 1.807) is 0 Å². The first-order valence-electron chi connectivity index (χ1n) is 10.3. The summed E-state index contributed by atoms with van der Waals surface area (Å²) in [6.07, 6.45) is 5.98. The molecule has 0 aromatic heterocycles. The van der Waals surface area contributed by atoms with Gasteiger partial charge in [0.05, 0.1) is 28.0 Å². The number of ether oxygens (including phenoxy) is 1. The summed E-state index contributed by atoms with van der Waals surface area (Å²) in [5.41, 5.74) is 0.441. The highest BCUT2D eigenvalue weighted by Gasteiger charge is 2.59. The number of fused-ring (bicyclic) bond motifs is 5. The SMILES string of the molecule is O=C1[C@@H]2[C@H](C(=O)N1N=Cc1cc(Cl)c(OCc3ccc(F)cc3)c([N+](=O)[O-])c1)[C@H]1C=C[C@H]2C1. The minimum Gasteiger partial charge on any atom is -0.481 e. The van der Waals surface area contributed by atoms with Crippen LogP contribution in [0.1, 0.15) is 17.5 Å². The van der Waals surface area contributed by atoms with Crippen LogP contribution in [0.3, 0.4) is 0 Å². The van der Waals surface area contributed by atoms with Crippen LogP contribution in [0.15, 0.2) is 53.7 Å². The van der Waals surface area contributed by atoms with Crippen LogP contribution < -0.4 is 4.74 Å². The molecule has 8 nitrogen and oxygen atoms in total. The van der Waals surface area contributed by atoms with E-state index in [2.05, 4.69) is 5.10 Å². The number of benzene rings is 2. The summed E-state index contributed by atoms with van der Waals surface area (Å²) in [4.78, 5) is 36.4. The number of nitrogens with zero attached hydrogens (tertiary/aromatic N) is 3. The molecule has 1 saturated heterocycles. The Morgan fingerprint density at radius 1 is 1.15 bits per heavy atom. The molecule has 2 bridgehead atoms. The highest BCUT2D eigenvalue weighted by Crippen LogP contribution is 2.52. The van der Waals surface area contributed by atoms with Gasteiger partial charge >= 0.3 is 5.69 Å². The van der Waals surface area contributed by atoms with Crippen molar-refractivity contribution in [1.82, 2.24) is 5.01 Å². The Morgan fingerprint density at radius 3 is 2.39 bits per heavy atom. The van der Waals surface area contributed by atoms with Gasteiger partial charge < -0.3 is 4.74 Å². The molecule has 1 saturated carbocycles. The summed E-state index contributed by atoms with van der Waals surface area (Å²) in [6, 6.07) is 8.10. The van der Waals surface area contributed by atoms with Crippen molar-refractivity contribution < 1.29 is 23.6 Å². The van der Waals surface area contributed by atoms with E-state index in [-0.39, 0.29) is 58.4 Å². The van der Waals surface area contributed by atoms with Crippen molar-refractivity contribution in [2.24, 2.45) is 28.8 Å². The van der Waals surface area contributed by atoms with Crippen LogP contribution >= 0.6 is 11.6 Å². The van der Waals surface area contributed by atoms with E-state index in [0.717, 1.165) is 11.4 Å². The molecule has 0 N–H and O–H groups in total. The Kier molecular flexibility index (Phi) is 5.20. The molecular weight excluding hydrogens is 453 g/mol. The lowest BCUT2D eigenvalue weighted by molar-refractivity contribution is -0.385. The molecular formula is C23H17ClFN3O5. The highest BCUT2D eigenvalue weighted by molar-refractivity contribution is 6.32. The summed E-state index contributed by atoms with van der Waals surface area (Å²) in [7, 11) is 0. The van der Waals surface area contributed by atoms with Gasteiger partial charge in [-0.2, -0.15) is 10.1 Å². The first kappa shape index (κ1) is 21.3. The van der Waals surface area contributed by atoms with Crippen LogP contribution in [-0.4, -0.2) is 28.0 Å². The summed E-state index contributed by atoms with van der Waals surface area (Å²) < 4.78 is 18.6. The highest BCUT2D eigenvalue weighted by atomic mass is 35.5. The average Bonchev–Trinajstić information content (AvgIpc) is 3.46. The first-order valence-corrected chi connectivity index (χ1v) is 10.7. The largest absolute Gasteiger partial charge is 0.481 e. The fourth-order valence-electron chi connectivity index (χ4n) is 4.81. The molecule has 2 aliphatic carbocycles. The van der Waals surface area contributed by atoms with Gasteiger partial charge in [-0.15, -0.1) is 0 Å². The maximum Gasteiger partial charge on any atom is 0.313 e. The predicted molar refractivity (Wildman–Crippen MR) is 116 cm³/mol. The van der Waals surface area contributed by atoms with Gasteiger partial charge in [-0.25, -0.2) is 4.39 Å². The summed E-state index contributed by atoms with van der Waals surface area (Å²) in [5, 5.41) is 16.5. The van der Waals surface area contributed by atoms with Crippen LogP contribution in [0.4, 0.5) is 10.1 Å². The third-order valence-electron chi connectivity index (χ3n) is 6.31. The Bertz CT molecular complexity index is 1200. The minimum atomic E-state index is -0.650. The fraction of sp³-hybridized carbons (Fsp3) is 0.261. The zero-order valence-electron chi connectivity index (χ0n) is 17.1. The predicted octanol–water partition coefficient (Wildman–Crippen LogP) is 4.11. The smallest absolute Gasteiger partial charge is 0.313 e. The van der Waals surface area contributed by atoms with Crippen molar-refractivity contribution >= 4 is 35.3 Å². The van der Waals surface area contributed by atoms with Crippen molar-refractivity contribution in [2.75, 3.05) is 0 Å². The summed E-state index contributed by atoms with van der Waals surface area (Å²) in [5.74, 6) is -1.90. The lowest BCUT2D eigenvalue weighted by Gasteiger charge is -2.13. The number of carbonyl (C=O) groups is 2. The van der Waals surface area contributed by atoms with Gasteiger partial charge in [0, 0.05) is 11.6 Å². The van der Waals surface area contributed by atoms with Gasteiger partial charge in [0.25, 0.3) is 11.8 Å². The molecule has 33 heavy (non-hydrogen) atoms. The maximum absolute atomic E-state index is 13.1. The maximum atomic E-state index is 13.1. The second-order valence-electron chi connectivity index (χ2n) is 8.26. The van der Waals surface area contributed by atoms with Gasteiger partial charge in [0.1, 0.15) is 12.4 Å². The van der Waals surface area contributed by atoms with E-state index >= 15 is 0 Å². The van der Waals surface area contributed by atoms with E-state index in [1.165, 1.54) is 42.6 Å².